The minimum atomic E-state index is -0.850. The van der Waals surface area contributed by atoms with Gasteiger partial charge in [-0.1, -0.05) is 13.3 Å². The van der Waals surface area contributed by atoms with Crippen LogP contribution in [0.5, 0.6) is 0 Å². The number of carbonyl (C=O) groups is 2. The summed E-state index contributed by atoms with van der Waals surface area (Å²) in [7, 11) is 0. The van der Waals surface area contributed by atoms with E-state index in [1.165, 1.54) is 0 Å². The molecule has 0 aromatic heterocycles. The third kappa shape index (κ3) is 12.6. The maximum atomic E-state index is 11.2. The van der Waals surface area contributed by atoms with Crippen LogP contribution in [0.1, 0.15) is 32.6 Å². The molecule has 100 valence electrons. The molecule has 0 aliphatic heterocycles. The normalized spacial score (nSPS) is 9.94. The number of ether oxygens (including phenoxy) is 1. The van der Waals surface area contributed by atoms with Gasteiger partial charge in [0.05, 0.1) is 6.61 Å². The van der Waals surface area contributed by atoms with Crippen LogP contribution in [0.4, 0.5) is 4.79 Å². The van der Waals surface area contributed by atoms with Gasteiger partial charge in [-0.3, -0.25) is 4.79 Å². The van der Waals surface area contributed by atoms with Gasteiger partial charge in [-0.25, -0.2) is 4.79 Å². The summed E-state index contributed by atoms with van der Waals surface area (Å²) in [6, 6.07) is -0.283. The molecular weight excluding hydrogens is 224 g/mol. The molecule has 0 aliphatic carbocycles. The highest BCUT2D eigenvalue weighted by Gasteiger charge is 2.00. The first-order valence-electron chi connectivity index (χ1n) is 5.98. The van der Waals surface area contributed by atoms with Crippen LogP contribution in [0.3, 0.4) is 0 Å². The minimum Gasteiger partial charge on any atom is -0.481 e. The van der Waals surface area contributed by atoms with E-state index >= 15 is 0 Å². The Morgan fingerprint density at radius 3 is 2.47 bits per heavy atom. The van der Waals surface area contributed by atoms with Gasteiger partial charge < -0.3 is 20.5 Å². The summed E-state index contributed by atoms with van der Waals surface area (Å²) in [6.45, 7) is 4.15. The van der Waals surface area contributed by atoms with Crippen molar-refractivity contribution in [2.75, 3.05) is 26.3 Å². The highest BCUT2D eigenvalue weighted by Crippen LogP contribution is 1.87. The van der Waals surface area contributed by atoms with E-state index in [-0.39, 0.29) is 12.5 Å². The molecule has 0 aromatic carbocycles. The third-order valence-corrected chi connectivity index (χ3v) is 2.03. The number of unbranched alkanes of at least 4 members (excludes halogenated alkanes) is 1. The Kier molecular flexibility index (Phi) is 10.3. The van der Waals surface area contributed by atoms with E-state index in [0.717, 1.165) is 19.4 Å². The molecule has 6 nitrogen and oxygen atoms in total. The lowest BCUT2D eigenvalue weighted by Gasteiger charge is -2.07. The first-order valence-corrected chi connectivity index (χ1v) is 5.98. The number of hydrogen-bond acceptors (Lipinski definition) is 3. The molecule has 0 aliphatic rings. The predicted molar refractivity (Wildman–Crippen MR) is 64.0 cm³/mol. The van der Waals surface area contributed by atoms with Crippen molar-refractivity contribution < 1.29 is 19.4 Å². The highest BCUT2D eigenvalue weighted by atomic mass is 16.5. The molecular formula is C11H22N2O4. The molecule has 0 heterocycles. The number of carboxylic acids is 1. The maximum Gasteiger partial charge on any atom is 0.314 e. The van der Waals surface area contributed by atoms with E-state index < -0.39 is 5.97 Å². The smallest absolute Gasteiger partial charge is 0.314 e. The van der Waals surface area contributed by atoms with Crippen molar-refractivity contribution in [3.05, 3.63) is 0 Å². The zero-order valence-corrected chi connectivity index (χ0v) is 10.3. The summed E-state index contributed by atoms with van der Waals surface area (Å²) in [5, 5.41) is 13.6. The summed E-state index contributed by atoms with van der Waals surface area (Å²) >= 11 is 0. The zero-order valence-electron chi connectivity index (χ0n) is 10.3. The van der Waals surface area contributed by atoms with Gasteiger partial charge in [0, 0.05) is 26.1 Å². The number of amides is 2. The van der Waals surface area contributed by atoms with Crippen molar-refractivity contribution >= 4 is 12.0 Å². The van der Waals surface area contributed by atoms with Crippen molar-refractivity contribution in [2.45, 2.75) is 32.6 Å². The molecule has 0 fully saturated rings. The Bertz CT molecular complexity index is 222. The summed E-state index contributed by atoms with van der Waals surface area (Å²) in [5.74, 6) is -0.850. The van der Waals surface area contributed by atoms with Gasteiger partial charge in [-0.2, -0.15) is 0 Å². The van der Waals surface area contributed by atoms with Crippen molar-refractivity contribution in [1.29, 1.82) is 0 Å². The van der Waals surface area contributed by atoms with Crippen LogP contribution in [0, 0.1) is 0 Å². The summed E-state index contributed by atoms with van der Waals surface area (Å²) in [6.07, 6.45) is 2.63. The zero-order chi connectivity index (χ0) is 12.9. The van der Waals surface area contributed by atoms with Crippen molar-refractivity contribution in [1.82, 2.24) is 10.6 Å². The second-order valence-electron chi connectivity index (χ2n) is 3.65. The third-order valence-electron chi connectivity index (χ3n) is 2.03. The Hall–Kier alpha value is -1.30. The van der Waals surface area contributed by atoms with Gasteiger partial charge in [0.1, 0.15) is 0 Å². The van der Waals surface area contributed by atoms with Crippen molar-refractivity contribution in [2.24, 2.45) is 0 Å². The van der Waals surface area contributed by atoms with Crippen LogP contribution < -0.4 is 10.6 Å². The van der Waals surface area contributed by atoms with E-state index in [2.05, 4.69) is 17.6 Å². The number of hydrogen-bond donors (Lipinski definition) is 3. The van der Waals surface area contributed by atoms with Crippen LogP contribution in [0.25, 0.3) is 0 Å². The van der Waals surface area contributed by atoms with Gasteiger partial charge in [0.2, 0.25) is 0 Å². The Labute approximate surface area is 102 Å². The van der Waals surface area contributed by atoms with Crippen molar-refractivity contribution in [3.63, 3.8) is 0 Å². The molecule has 0 spiro atoms. The molecule has 0 radical (unpaired) electrons. The van der Waals surface area contributed by atoms with Gasteiger partial charge in [-0.05, 0) is 12.8 Å². The lowest BCUT2D eigenvalue weighted by Crippen LogP contribution is -2.37. The number of carboxylic acid groups (broad SMARTS) is 1. The lowest BCUT2D eigenvalue weighted by atomic mass is 10.3. The second kappa shape index (κ2) is 11.2. The number of aliphatic carboxylic acids is 1. The first-order chi connectivity index (χ1) is 8.16. The Morgan fingerprint density at radius 1 is 1.12 bits per heavy atom. The second-order valence-corrected chi connectivity index (χ2v) is 3.65. The first kappa shape index (κ1) is 15.7. The van der Waals surface area contributed by atoms with E-state index in [4.69, 9.17) is 9.84 Å². The molecule has 0 atom stereocenters. The van der Waals surface area contributed by atoms with Gasteiger partial charge in [0.25, 0.3) is 0 Å². The fourth-order valence-corrected chi connectivity index (χ4v) is 1.09. The molecule has 0 saturated carbocycles. The molecule has 0 bridgehead atoms. The van der Waals surface area contributed by atoms with E-state index in [1.54, 1.807) is 0 Å². The van der Waals surface area contributed by atoms with Crippen LogP contribution in [0.2, 0.25) is 0 Å². The molecule has 6 heteroatoms. The number of rotatable bonds is 10. The number of nitrogens with one attached hydrogen (secondary N) is 2. The maximum absolute atomic E-state index is 11.2. The Balaban J connectivity index is 3.20. The van der Waals surface area contributed by atoms with E-state index in [0.29, 0.717) is 26.1 Å². The fraction of sp³-hybridized carbons (Fsp3) is 0.818. The predicted octanol–water partition coefficient (Wildman–Crippen LogP) is 0.967. The number of urea groups is 1. The minimum absolute atomic E-state index is 0.0699. The van der Waals surface area contributed by atoms with Gasteiger partial charge in [0.15, 0.2) is 0 Å². The fourth-order valence-electron chi connectivity index (χ4n) is 1.09. The monoisotopic (exact) mass is 246 g/mol. The van der Waals surface area contributed by atoms with Crippen LogP contribution in [0.15, 0.2) is 0 Å². The quantitative estimate of drug-likeness (QED) is 0.501. The Morgan fingerprint density at radius 2 is 1.82 bits per heavy atom. The molecule has 3 N–H and O–H groups in total. The van der Waals surface area contributed by atoms with Crippen LogP contribution >= 0.6 is 0 Å². The highest BCUT2D eigenvalue weighted by molar-refractivity contribution is 5.73. The largest absolute Gasteiger partial charge is 0.481 e. The average molecular weight is 246 g/mol. The molecule has 0 rings (SSSR count). The molecule has 0 saturated heterocycles. The SMILES string of the molecule is CCCCOCCNC(=O)NCCCC(=O)O. The number of carbonyl (C=O) groups excluding carboxylic acids is 1. The van der Waals surface area contributed by atoms with Gasteiger partial charge >= 0.3 is 12.0 Å². The standard InChI is InChI=1S/C11H22N2O4/c1-2-3-8-17-9-7-13-11(16)12-6-4-5-10(14)15/h2-9H2,1H3,(H,14,15)(H2,12,13,16). The van der Waals surface area contributed by atoms with Crippen molar-refractivity contribution in [3.8, 4) is 0 Å². The van der Waals surface area contributed by atoms with E-state index in [1.807, 2.05) is 0 Å². The molecule has 2 amide bonds. The molecule has 0 aromatic rings. The summed E-state index contributed by atoms with van der Waals surface area (Å²) in [5.41, 5.74) is 0. The summed E-state index contributed by atoms with van der Waals surface area (Å²) < 4.78 is 5.26. The topological polar surface area (TPSA) is 87.7 Å². The summed E-state index contributed by atoms with van der Waals surface area (Å²) in [4.78, 5) is 21.3. The molecule has 17 heavy (non-hydrogen) atoms. The van der Waals surface area contributed by atoms with E-state index in [9.17, 15) is 9.59 Å². The average Bonchev–Trinajstić information content (AvgIpc) is 2.29. The van der Waals surface area contributed by atoms with Crippen LogP contribution in [-0.4, -0.2) is 43.4 Å². The lowest BCUT2D eigenvalue weighted by molar-refractivity contribution is -0.137. The van der Waals surface area contributed by atoms with Crippen LogP contribution in [-0.2, 0) is 9.53 Å². The van der Waals surface area contributed by atoms with Gasteiger partial charge in [-0.15, -0.1) is 0 Å². The molecule has 0 unspecified atom stereocenters.